The van der Waals surface area contributed by atoms with Crippen LogP contribution in [0.25, 0.3) is 16.9 Å². The number of halogens is 2. The maximum Gasteiger partial charge on any atom is 0.271 e. The minimum absolute atomic E-state index is 0.302. The Morgan fingerprint density at radius 3 is 2.36 bits per heavy atom. The van der Waals surface area contributed by atoms with E-state index in [1.807, 2.05) is 73.7 Å². The lowest BCUT2D eigenvalue weighted by molar-refractivity contribution is 0.0955. The SMILES string of the molecule is CCOc1cc(/C=N/NC(=O)c2ccc(-n3c(C)ccc3-c3ccccc3)cc2)c(Br)cc1OCc1ccc(I)cc1. The molecule has 1 N–H and O–H groups in total. The van der Waals surface area contributed by atoms with Gasteiger partial charge in [0.1, 0.15) is 6.61 Å². The van der Waals surface area contributed by atoms with Gasteiger partial charge < -0.3 is 14.0 Å². The first-order chi connectivity index (χ1) is 20.4. The highest BCUT2D eigenvalue weighted by molar-refractivity contribution is 14.1. The lowest BCUT2D eigenvalue weighted by Gasteiger charge is -2.14. The highest BCUT2D eigenvalue weighted by Gasteiger charge is 2.13. The number of aryl methyl sites for hydroxylation is 1. The largest absolute Gasteiger partial charge is 0.490 e. The molecule has 1 heterocycles. The summed E-state index contributed by atoms with van der Waals surface area (Å²) in [5.74, 6) is 0.922. The zero-order valence-corrected chi connectivity index (χ0v) is 26.9. The molecule has 5 aromatic rings. The maximum absolute atomic E-state index is 12.8. The van der Waals surface area contributed by atoms with Gasteiger partial charge >= 0.3 is 0 Å². The van der Waals surface area contributed by atoms with E-state index in [0.29, 0.717) is 30.3 Å². The fourth-order valence-electron chi connectivity index (χ4n) is 4.48. The number of nitrogens with one attached hydrogen (secondary N) is 1. The molecule has 212 valence electrons. The molecule has 0 radical (unpaired) electrons. The van der Waals surface area contributed by atoms with Crippen molar-refractivity contribution in [1.82, 2.24) is 9.99 Å². The van der Waals surface area contributed by atoms with Gasteiger partial charge in [-0.2, -0.15) is 5.10 Å². The standard InChI is InChI=1S/C34H29BrIN3O3/c1-3-41-32-19-27(30(35)20-33(32)42-22-24-10-14-28(36)15-11-24)21-37-38-34(40)26-12-16-29(17-13-26)39-23(2)9-18-31(39)25-7-5-4-6-8-25/h4-21H,3,22H2,1-2H3,(H,38,40)/b37-21+. The fourth-order valence-corrected chi connectivity index (χ4v) is 5.26. The predicted octanol–water partition coefficient (Wildman–Crippen LogP) is 8.56. The maximum atomic E-state index is 12.8. The van der Waals surface area contributed by atoms with Crippen molar-refractivity contribution in [1.29, 1.82) is 0 Å². The molecule has 0 aliphatic rings. The summed E-state index contributed by atoms with van der Waals surface area (Å²) in [7, 11) is 0. The smallest absolute Gasteiger partial charge is 0.271 e. The van der Waals surface area contributed by atoms with Crippen LogP contribution in [0.4, 0.5) is 0 Å². The van der Waals surface area contributed by atoms with Gasteiger partial charge in [-0.15, -0.1) is 0 Å². The second kappa shape index (κ2) is 13.8. The van der Waals surface area contributed by atoms with Gasteiger partial charge in [0.15, 0.2) is 11.5 Å². The second-order valence-corrected chi connectivity index (χ2v) is 11.6. The Balaban J connectivity index is 1.26. The molecular formula is C34H29BrIN3O3. The molecule has 42 heavy (non-hydrogen) atoms. The summed E-state index contributed by atoms with van der Waals surface area (Å²) in [6.45, 7) is 4.90. The molecule has 0 fully saturated rings. The molecule has 0 spiro atoms. The number of benzene rings is 4. The molecular weight excluding hydrogens is 705 g/mol. The Labute approximate surface area is 267 Å². The summed E-state index contributed by atoms with van der Waals surface area (Å²) in [6, 6.07) is 33.8. The van der Waals surface area contributed by atoms with Crippen LogP contribution in [-0.4, -0.2) is 23.3 Å². The number of carbonyl (C=O) groups excluding carboxylic acids is 1. The molecule has 0 saturated heterocycles. The minimum atomic E-state index is -0.302. The molecule has 0 unspecified atom stereocenters. The van der Waals surface area contributed by atoms with Crippen LogP contribution in [0.3, 0.4) is 0 Å². The zero-order chi connectivity index (χ0) is 29.5. The molecule has 0 aliphatic carbocycles. The third-order valence-electron chi connectivity index (χ3n) is 6.57. The predicted molar refractivity (Wildman–Crippen MR) is 180 cm³/mol. The van der Waals surface area contributed by atoms with Gasteiger partial charge in [-0.1, -0.05) is 42.5 Å². The van der Waals surface area contributed by atoms with Crippen LogP contribution in [-0.2, 0) is 6.61 Å². The highest BCUT2D eigenvalue weighted by atomic mass is 127. The summed E-state index contributed by atoms with van der Waals surface area (Å²) in [4.78, 5) is 12.8. The lowest BCUT2D eigenvalue weighted by atomic mass is 10.1. The quantitative estimate of drug-likeness (QED) is 0.0889. The van der Waals surface area contributed by atoms with Crippen molar-refractivity contribution in [3.05, 3.63) is 134 Å². The summed E-state index contributed by atoms with van der Waals surface area (Å²) < 4.78 is 16.0. The Kier molecular flexibility index (Phi) is 9.76. The normalized spacial score (nSPS) is 11.0. The molecule has 0 bridgehead atoms. The van der Waals surface area contributed by atoms with E-state index in [9.17, 15) is 4.79 Å². The number of hydrogen-bond acceptors (Lipinski definition) is 4. The second-order valence-electron chi connectivity index (χ2n) is 9.48. The first-order valence-corrected chi connectivity index (χ1v) is 15.3. The molecule has 6 nitrogen and oxygen atoms in total. The topological polar surface area (TPSA) is 64.8 Å². The van der Waals surface area contributed by atoms with Crippen LogP contribution in [0.5, 0.6) is 11.5 Å². The van der Waals surface area contributed by atoms with Gasteiger partial charge in [0.25, 0.3) is 5.91 Å². The molecule has 4 aromatic carbocycles. The van der Waals surface area contributed by atoms with Gasteiger partial charge in [-0.05, 0) is 124 Å². The molecule has 5 rings (SSSR count). The highest BCUT2D eigenvalue weighted by Crippen LogP contribution is 2.34. The number of hydrazone groups is 1. The van der Waals surface area contributed by atoms with Crippen molar-refractivity contribution >= 4 is 50.6 Å². The first kappa shape index (κ1) is 29.6. The van der Waals surface area contributed by atoms with E-state index >= 15 is 0 Å². The van der Waals surface area contributed by atoms with Crippen molar-refractivity contribution in [2.75, 3.05) is 6.61 Å². The number of aromatic nitrogens is 1. The molecule has 0 atom stereocenters. The van der Waals surface area contributed by atoms with Gasteiger partial charge in [0.05, 0.1) is 18.5 Å². The molecule has 8 heteroatoms. The summed E-state index contributed by atoms with van der Waals surface area (Å²) >= 11 is 5.87. The van der Waals surface area contributed by atoms with Crippen LogP contribution < -0.4 is 14.9 Å². The number of rotatable bonds is 10. The van der Waals surface area contributed by atoms with Crippen molar-refractivity contribution in [3.8, 4) is 28.4 Å². The average Bonchev–Trinajstić information content (AvgIpc) is 3.40. The summed E-state index contributed by atoms with van der Waals surface area (Å²) in [5, 5.41) is 4.19. The van der Waals surface area contributed by atoms with E-state index in [-0.39, 0.29) is 5.91 Å². The van der Waals surface area contributed by atoms with Gasteiger partial charge in [-0.25, -0.2) is 5.43 Å². The van der Waals surface area contributed by atoms with Crippen LogP contribution in [0, 0.1) is 10.5 Å². The van der Waals surface area contributed by atoms with Crippen molar-refractivity contribution in [2.45, 2.75) is 20.5 Å². The molecule has 0 aliphatic heterocycles. The summed E-state index contributed by atoms with van der Waals surface area (Å²) in [6.07, 6.45) is 1.58. The molecule has 1 aromatic heterocycles. The Morgan fingerprint density at radius 1 is 0.929 bits per heavy atom. The zero-order valence-electron chi connectivity index (χ0n) is 23.2. The first-order valence-electron chi connectivity index (χ1n) is 13.4. The van der Waals surface area contributed by atoms with E-state index < -0.39 is 0 Å². The Bertz CT molecular complexity index is 1700. The number of amides is 1. The van der Waals surface area contributed by atoms with E-state index in [2.05, 4.69) is 84.8 Å². The number of carbonyl (C=O) groups is 1. The van der Waals surface area contributed by atoms with Gasteiger partial charge in [-0.3, -0.25) is 4.79 Å². The summed E-state index contributed by atoms with van der Waals surface area (Å²) in [5.41, 5.74) is 9.26. The third kappa shape index (κ3) is 7.11. The molecule has 1 amide bonds. The average molecular weight is 734 g/mol. The van der Waals surface area contributed by atoms with E-state index in [4.69, 9.17) is 9.47 Å². The van der Waals surface area contributed by atoms with E-state index in [1.165, 1.54) is 3.57 Å². The van der Waals surface area contributed by atoms with Crippen LogP contribution in [0.2, 0.25) is 0 Å². The van der Waals surface area contributed by atoms with Crippen LogP contribution >= 0.6 is 38.5 Å². The van der Waals surface area contributed by atoms with Crippen LogP contribution in [0.1, 0.15) is 34.1 Å². The van der Waals surface area contributed by atoms with Crippen molar-refractivity contribution in [2.24, 2.45) is 5.10 Å². The lowest BCUT2D eigenvalue weighted by Crippen LogP contribution is -2.17. The number of ether oxygens (including phenoxy) is 2. The van der Waals surface area contributed by atoms with E-state index in [0.717, 1.165) is 38.2 Å². The Morgan fingerprint density at radius 2 is 1.64 bits per heavy atom. The van der Waals surface area contributed by atoms with Crippen molar-refractivity contribution in [3.63, 3.8) is 0 Å². The number of nitrogens with zero attached hydrogens (tertiary/aromatic N) is 2. The van der Waals surface area contributed by atoms with Gasteiger partial charge in [0.2, 0.25) is 0 Å². The monoisotopic (exact) mass is 733 g/mol. The van der Waals surface area contributed by atoms with Gasteiger partial charge in [0, 0.05) is 30.6 Å². The minimum Gasteiger partial charge on any atom is -0.490 e. The third-order valence-corrected chi connectivity index (χ3v) is 7.98. The fraction of sp³-hybridized carbons (Fsp3) is 0.118. The number of hydrogen-bond donors (Lipinski definition) is 1. The van der Waals surface area contributed by atoms with Crippen LogP contribution in [0.15, 0.2) is 113 Å². The molecule has 0 saturated carbocycles. The Hall–Kier alpha value is -3.89. The van der Waals surface area contributed by atoms with Crippen molar-refractivity contribution < 1.29 is 14.3 Å². The van der Waals surface area contributed by atoms with E-state index in [1.54, 1.807) is 18.3 Å².